The smallest absolute Gasteiger partial charge is 0.341 e. The molecule has 1 N–H and O–H groups in total. The maximum Gasteiger partial charge on any atom is 0.341 e. The Morgan fingerprint density at radius 1 is 1.07 bits per heavy atom. The highest BCUT2D eigenvalue weighted by atomic mass is 32.1. The van der Waals surface area contributed by atoms with E-state index < -0.39 is 5.97 Å². The Labute approximate surface area is 180 Å². The average molecular weight is 420 g/mol. The van der Waals surface area contributed by atoms with Crippen molar-refractivity contribution in [2.75, 3.05) is 11.9 Å². The molecule has 0 unspecified atom stereocenters. The summed E-state index contributed by atoms with van der Waals surface area (Å²) in [7, 11) is 0. The first-order valence-corrected chi connectivity index (χ1v) is 10.9. The third-order valence-corrected chi connectivity index (χ3v) is 6.44. The van der Waals surface area contributed by atoms with E-state index in [1.165, 1.54) is 16.9 Å². The van der Waals surface area contributed by atoms with Crippen molar-refractivity contribution in [2.45, 2.75) is 39.5 Å². The summed E-state index contributed by atoms with van der Waals surface area (Å²) in [5.74, 6) is -0.626. The first-order valence-electron chi connectivity index (χ1n) is 10.1. The number of carbonyl (C=O) groups is 2. The Morgan fingerprint density at radius 2 is 1.77 bits per heavy atom. The van der Waals surface area contributed by atoms with Crippen LogP contribution < -0.4 is 5.32 Å². The Balaban J connectivity index is 1.68. The maximum absolute atomic E-state index is 12.9. The number of nitrogens with one attached hydrogen (secondary N) is 1. The molecule has 30 heavy (non-hydrogen) atoms. The summed E-state index contributed by atoms with van der Waals surface area (Å²) in [5.41, 5.74) is 5.34. The molecule has 2 aromatic carbocycles. The molecule has 0 radical (unpaired) electrons. The molecule has 1 aromatic heterocycles. The molecule has 154 valence electrons. The normalized spacial score (nSPS) is 12.3. The zero-order chi connectivity index (χ0) is 21.5. The van der Waals surface area contributed by atoms with E-state index >= 15 is 0 Å². The van der Waals surface area contributed by atoms with Gasteiger partial charge in [0.2, 0.25) is 0 Å². The van der Waals surface area contributed by atoms with Crippen molar-refractivity contribution >= 4 is 28.2 Å². The van der Waals surface area contributed by atoms with Crippen LogP contribution >= 0.6 is 11.3 Å². The van der Waals surface area contributed by atoms with Crippen LogP contribution in [-0.2, 0) is 16.6 Å². The van der Waals surface area contributed by atoms with Crippen molar-refractivity contribution in [3.05, 3.63) is 75.7 Å². The monoisotopic (exact) mass is 419 g/mol. The van der Waals surface area contributed by atoms with Crippen LogP contribution in [0.3, 0.4) is 0 Å². The SMILES string of the molecule is CCOC(=O)c1c(NC(=O)c2ccc(C(C)(C)C)cc2)sc2c1-c1ccccc1C2. The maximum atomic E-state index is 12.9. The Morgan fingerprint density at radius 3 is 2.43 bits per heavy atom. The van der Waals surface area contributed by atoms with E-state index in [0.717, 1.165) is 28.0 Å². The van der Waals surface area contributed by atoms with E-state index in [-0.39, 0.29) is 17.9 Å². The van der Waals surface area contributed by atoms with E-state index in [1.54, 1.807) is 6.92 Å². The molecule has 4 rings (SSSR count). The van der Waals surface area contributed by atoms with Crippen LogP contribution in [0.15, 0.2) is 48.5 Å². The summed E-state index contributed by atoms with van der Waals surface area (Å²) in [4.78, 5) is 26.8. The number of hydrogen-bond acceptors (Lipinski definition) is 4. The molecule has 0 spiro atoms. The molecule has 1 aliphatic rings. The summed E-state index contributed by atoms with van der Waals surface area (Å²) in [6.45, 7) is 8.48. The van der Waals surface area contributed by atoms with Crippen molar-refractivity contribution in [1.82, 2.24) is 0 Å². The molecule has 0 saturated heterocycles. The van der Waals surface area contributed by atoms with Crippen molar-refractivity contribution in [1.29, 1.82) is 0 Å². The lowest BCUT2D eigenvalue weighted by Crippen LogP contribution is -2.16. The van der Waals surface area contributed by atoms with Crippen molar-refractivity contribution in [3.63, 3.8) is 0 Å². The first kappa shape index (κ1) is 20.4. The van der Waals surface area contributed by atoms with E-state index in [2.05, 4.69) is 32.2 Å². The lowest BCUT2D eigenvalue weighted by molar-refractivity contribution is 0.0529. The number of rotatable bonds is 4. The molecule has 0 aliphatic heterocycles. The van der Waals surface area contributed by atoms with Crippen LogP contribution in [0.25, 0.3) is 11.1 Å². The van der Waals surface area contributed by atoms with Crippen LogP contribution in [0.2, 0.25) is 0 Å². The van der Waals surface area contributed by atoms with Crippen LogP contribution in [0, 0.1) is 0 Å². The number of amides is 1. The molecule has 0 saturated carbocycles. The largest absolute Gasteiger partial charge is 0.462 e. The predicted octanol–water partition coefficient (Wildman–Crippen LogP) is 6.05. The summed E-state index contributed by atoms with van der Waals surface area (Å²) in [6.07, 6.45) is 0.763. The van der Waals surface area contributed by atoms with E-state index in [0.29, 0.717) is 16.1 Å². The van der Waals surface area contributed by atoms with Gasteiger partial charge in [-0.05, 0) is 41.2 Å². The van der Waals surface area contributed by atoms with Gasteiger partial charge >= 0.3 is 5.97 Å². The quantitative estimate of drug-likeness (QED) is 0.410. The summed E-state index contributed by atoms with van der Waals surface area (Å²) in [6, 6.07) is 15.7. The summed E-state index contributed by atoms with van der Waals surface area (Å²) < 4.78 is 5.32. The molecule has 1 aliphatic carbocycles. The molecule has 3 aromatic rings. The Hall–Kier alpha value is -2.92. The van der Waals surface area contributed by atoms with Crippen molar-refractivity contribution in [3.8, 4) is 11.1 Å². The second-order valence-corrected chi connectivity index (χ2v) is 9.55. The highest BCUT2D eigenvalue weighted by molar-refractivity contribution is 7.17. The lowest BCUT2D eigenvalue weighted by Gasteiger charge is -2.19. The Bertz CT molecular complexity index is 1120. The zero-order valence-electron chi connectivity index (χ0n) is 17.7. The highest BCUT2D eigenvalue weighted by Gasteiger charge is 2.31. The second-order valence-electron chi connectivity index (χ2n) is 8.44. The first-order chi connectivity index (χ1) is 14.3. The molecule has 1 amide bonds. The number of fused-ring (bicyclic) bond motifs is 3. The minimum atomic E-state index is -0.398. The topological polar surface area (TPSA) is 55.4 Å². The number of carbonyl (C=O) groups excluding carboxylic acids is 2. The average Bonchev–Trinajstić information content (AvgIpc) is 3.23. The molecular weight excluding hydrogens is 394 g/mol. The zero-order valence-corrected chi connectivity index (χ0v) is 18.5. The van der Waals surface area contributed by atoms with Gasteiger partial charge in [0.1, 0.15) is 10.6 Å². The van der Waals surface area contributed by atoms with Crippen LogP contribution in [0.1, 0.15) is 64.4 Å². The number of hydrogen-bond donors (Lipinski definition) is 1. The molecular formula is C25H25NO3S. The Kier molecular flexibility index (Phi) is 5.24. The summed E-state index contributed by atoms with van der Waals surface area (Å²) >= 11 is 1.46. The number of anilines is 1. The van der Waals surface area contributed by atoms with E-state index in [4.69, 9.17) is 4.74 Å². The molecule has 0 fully saturated rings. The van der Waals surface area contributed by atoms with Crippen molar-refractivity contribution < 1.29 is 14.3 Å². The standard InChI is InChI=1S/C25H25NO3S/c1-5-29-24(28)21-20-18-9-7-6-8-16(18)14-19(20)30-23(21)26-22(27)15-10-12-17(13-11-15)25(2,3)4/h6-13H,5,14H2,1-4H3,(H,26,27). The van der Waals surface area contributed by atoms with E-state index in [1.807, 2.05) is 42.5 Å². The van der Waals surface area contributed by atoms with Gasteiger partial charge < -0.3 is 10.1 Å². The molecule has 5 heteroatoms. The van der Waals surface area contributed by atoms with E-state index in [9.17, 15) is 9.59 Å². The fraction of sp³-hybridized carbons (Fsp3) is 0.280. The van der Waals surface area contributed by atoms with Gasteiger partial charge in [0, 0.05) is 22.4 Å². The van der Waals surface area contributed by atoms with Crippen molar-refractivity contribution in [2.24, 2.45) is 0 Å². The minimum Gasteiger partial charge on any atom is -0.462 e. The van der Waals surface area contributed by atoms with Gasteiger partial charge in [0.15, 0.2) is 0 Å². The minimum absolute atomic E-state index is 0.0219. The fourth-order valence-electron chi connectivity index (χ4n) is 3.76. The number of ether oxygens (including phenoxy) is 1. The van der Waals surface area contributed by atoms with Gasteiger partial charge in [-0.25, -0.2) is 4.79 Å². The van der Waals surface area contributed by atoms with Gasteiger partial charge in [-0.1, -0.05) is 57.2 Å². The molecule has 0 bridgehead atoms. The van der Waals surface area contributed by atoms with Gasteiger partial charge in [0.25, 0.3) is 5.91 Å². The molecule has 0 atom stereocenters. The van der Waals surface area contributed by atoms with Crippen LogP contribution in [-0.4, -0.2) is 18.5 Å². The van der Waals surface area contributed by atoms with Gasteiger partial charge in [0.05, 0.1) is 6.61 Å². The second kappa shape index (κ2) is 7.73. The van der Waals surface area contributed by atoms with Gasteiger partial charge in [-0.15, -0.1) is 11.3 Å². The van der Waals surface area contributed by atoms with Crippen LogP contribution in [0.4, 0.5) is 5.00 Å². The molecule has 1 heterocycles. The third-order valence-electron chi connectivity index (χ3n) is 5.34. The number of esters is 1. The summed E-state index contributed by atoms with van der Waals surface area (Å²) in [5, 5.41) is 3.52. The lowest BCUT2D eigenvalue weighted by atomic mass is 9.87. The number of thiophene rings is 1. The molecule has 4 nitrogen and oxygen atoms in total. The third kappa shape index (κ3) is 3.65. The van der Waals surface area contributed by atoms with Gasteiger partial charge in [-0.2, -0.15) is 0 Å². The van der Waals surface area contributed by atoms with Crippen LogP contribution in [0.5, 0.6) is 0 Å². The number of benzene rings is 2. The fourth-order valence-corrected chi connectivity index (χ4v) is 4.98. The van der Waals surface area contributed by atoms with Gasteiger partial charge in [-0.3, -0.25) is 4.79 Å². The predicted molar refractivity (Wildman–Crippen MR) is 122 cm³/mol. The highest BCUT2D eigenvalue weighted by Crippen LogP contribution is 2.47.